The Balaban J connectivity index is 2.67. The van der Waals surface area contributed by atoms with E-state index < -0.39 is 10.0 Å². The van der Waals surface area contributed by atoms with Gasteiger partial charge in [0.2, 0.25) is 10.0 Å². The molecule has 1 N–H and O–H groups in total. The Morgan fingerprint density at radius 1 is 1.22 bits per heavy atom. The Morgan fingerprint density at radius 2 is 1.83 bits per heavy atom. The third kappa shape index (κ3) is 4.40. The van der Waals surface area contributed by atoms with Crippen LogP contribution in [0.4, 0.5) is 0 Å². The van der Waals surface area contributed by atoms with Gasteiger partial charge in [-0.15, -0.1) is 0 Å². The number of benzene rings is 1. The van der Waals surface area contributed by atoms with E-state index in [1.165, 1.54) is 0 Å². The number of rotatable bonds is 7. The summed E-state index contributed by atoms with van der Waals surface area (Å²) in [5, 5.41) is 0. The molecule has 0 aliphatic carbocycles. The Bertz CT molecular complexity index is 452. The van der Waals surface area contributed by atoms with Crippen molar-refractivity contribution in [3.63, 3.8) is 0 Å². The highest BCUT2D eigenvalue weighted by Crippen LogP contribution is 2.17. The van der Waals surface area contributed by atoms with Crippen LogP contribution in [0.5, 0.6) is 0 Å². The molecule has 0 bridgehead atoms. The van der Waals surface area contributed by atoms with Crippen LogP contribution in [0.2, 0.25) is 0 Å². The van der Waals surface area contributed by atoms with Crippen molar-refractivity contribution < 1.29 is 13.2 Å². The number of hydrogen-bond donors (Lipinski definition) is 1. The van der Waals surface area contributed by atoms with Gasteiger partial charge in [0.05, 0.1) is 4.90 Å². The van der Waals surface area contributed by atoms with E-state index in [9.17, 15) is 8.42 Å². The molecule has 1 aromatic carbocycles. The van der Waals surface area contributed by atoms with Crippen LogP contribution in [0.25, 0.3) is 0 Å². The van der Waals surface area contributed by atoms with E-state index >= 15 is 0 Å². The topological polar surface area (TPSA) is 55.4 Å². The molecule has 4 nitrogen and oxygen atoms in total. The second-order valence-corrected chi connectivity index (χ2v) is 6.23. The minimum atomic E-state index is -3.39. The van der Waals surface area contributed by atoms with Crippen LogP contribution in [-0.2, 0) is 14.8 Å². The first-order valence-electron chi connectivity index (χ1n) is 6.06. The van der Waals surface area contributed by atoms with Gasteiger partial charge < -0.3 is 4.74 Å². The van der Waals surface area contributed by atoms with E-state index in [1.807, 2.05) is 12.1 Å². The Morgan fingerprint density at radius 3 is 2.33 bits per heavy atom. The van der Waals surface area contributed by atoms with Crippen LogP contribution in [0.1, 0.15) is 31.7 Å². The molecule has 0 spiro atoms. The molecule has 1 aromatic rings. The predicted molar refractivity (Wildman–Crippen MR) is 72.2 cm³/mol. The van der Waals surface area contributed by atoms with Crippen LogP contribution in [0, 0.1) is 0 Å². The van der Waals surface area contributed by atoms with Crippen molar-refractivity contribution in [3.05, 3.63) is 29.8 Å². The van der Waals surface area contributed by atoms with Crippen molar-refractivity contribution in [2.75, 3.05) is 20.3 Å². The molecule has 0 saturated carbocycles. The first-order valence-corrected chi connectivity index (χ1v) is 7.54. The summed E-state index contributed by atoms with van der Waals surface area (Å²) >= 11 is 0. The van der Waals surface area contributed by atoms with E-state index in [-0.39, 0.29) is 0 Å². The van der Waals surface area contributed by atoms with Gasteiger partial charge in [0, 0.05) is 20.3 Å². The Kier molecular flexibility index (Phi) is 5.78. The van der Waals surface area contributed by atoms with E-state index in [0.29, 0.717) is 30.4 Å². The van der Waals surface area contributed by atoms with Crippen LogP contribution >= 0.6 is 0 Å². The van der Waals surface area contributed by atoms with Crippen molar-refractivity contribution >= 4 is 10.0 Å². The molecule has 5 heteroatoms. The van der Waals surface area contributed by atoms with E-state index in [2.05, 4.69) is 18.6 Å². The third-order valence-corrected chi connectivity index (χ3v) is 4.15. The van der Waals surface area contributed by atoms with E-state index in [0.717, 1.165) is 5.56 Å². The maximum Gasteiger partial charge on any atom is 0.240 e. The normalized spacial score (nSPS) is 12.0. The number of nitrogens with one attached hydrogen (secondary N) is 1. The van der Waals surface area contributed by atoms with Crippen molar-refractivity contribution in [2.45, 2.75) is 31.1 Å². The molecule has 0 aromatic heterocycles. The van der Waals surface area contributed by atoms with Gasteiger partial charge in [-0.25, -0.2) is 13.1 Å². The highest BCUT2D eigenvalue weighted by Gasteiger charge is 2.13. The van der Waals surface area contributed by atoms with Gasteiger partial charge in [-0.3, -0.25) is 0 Å². The molecular weight excluding hydrogens is 250 g/mol. The molecule has 0 aliphatic heterocycles. The lowest BCUT2D eigenvalue weighted by Crippen LogP contribution is -2.25. The van der Waals surface area contributed by atoms with Crippen molar-refractivity contribution in [1.82, 2.24) is 4.72 Å². The summed E-state index contributed by atoms with van der Waals surface area (Å²) in [5.41, 5.74) is 1.13. The SMILES string of the molecule is COCCCNS(=O)(=O)c1ccc(C(C)C)cc1. The second kappa shape index (κ2) is 6.87. The maximum atomic E-state index is 11.9. The summed E-state index contributed by atoms with van der Waals surface area (Å²) in [6, 6.07) is 7.00. The highest BCUT2D eigenvalue weighted by molar-refractivity contribution is 7.89. The average molecular weight is 271 g/mol. The fourth-order valence-corrected chi connectivity index (χ4v) is 2.61. The molecule has 1 rings (SSSR count). The Labute approximate surface area is 109 Å². The molecule has 0 heterocycles. The van der Waals surface area contributed by atoms with Crippen LogP contribution in [-0.4, -0.2) is 28.7 Å². The standard InChI is InChI=1S/C13H21NO3S/c1-11(2)12-5-7-13(8-6-12)18(15,16)14-9-4-10-17-3/h5-8,11,14H,4,9-10H2,1-3H3. The van der Waals surface area contributed by atoms with Gasteiger partial charge in [0.25, 0.3) is 0 Å². The molecular formula is C13H21NO3S. The molecule has 0 aliphatic rings. The smallest absolute Gasteiger partial charge is 0.240 e. The summed E-state index contributed by atoms with van der Waals surface area (Å²) in [5.74, 6) is 0.399. The maximum absolute atomic E-state index is 11.9. The summed E-state index contributed by atoms with van der Waals surface area (Å²) in [6.07, 6.45) is 0.666. The fraction of sp³-hybridized carbons (Fsp3) is 0.538. The van der Waals surface area contributed by atoms with Gasteiger partial charge >= 0.3 is 0 Å². The molecule has 102 valence electrons. The fourth-order valence-electron chi connectivity index (χ4n) is 1.54. The van der Waals surface area contributed by atoms with Gasteiger partial charge in [0.1, 0.15) is 0 Å². The molecule has 18 heavy (non-hydrogen) atoms. The van der Waals surface area contributed by atoms with Crippen LogP contribution in [0.3, 0.4) is 0 Å². The summed E-state index contributed by atoms with van der Waals surface area (Å²) < 4.78 is 31.3. The minimum Gasteiger partial charge on any atom is -0.385 e. The predicted octanol–water partition coefficient (Wildman–Crippen LogP) is 2.12. The molecule has 0 unspecified atom stereocenters. The van der Waals surface area contributed by atoms with Gasteiger partial charge in [0.15, 0.2) is 0 Å². The molecule has 0 radical (unpaired) electrons. The molecule has 0 atom stereocenters. The zero-order valence-corrected chi connectivity index (χ0v) is 12.0. The van der Waals surface area contributed by atoms with E-state index in [1.54, 1.807) is 19.2 Å². The summed E-state index contributed by atoms with van der Waals surface area (Å²) in [4.78, 5) is 0.310. The zero-order chi connectivity index (χ0) is 13.6. The van der Waals surface area contributed by atoms with Gasteiger partial charge in [-0.2, -0.15) is 0 Å². The van der Waals surface area contributed by atoms with Gasteiger partial charge in [-0.1, -0.05) is 26.0 Å². The molecule has 0 fully saturated rings. The number of methoxy groups -OCH3 is 1. The lowest BCUT2D eigenvalue weighted by atomic mass is 10.0. The van der Waals surface area contributed by atoms with Gasteiger partial charge in [-0.05, 0) is 30.0 Å². The summed E-state index contributed by atoms with van der Waals surface area (Å²) in [7, 11) is -1.79. The second-order valence-electron chi connectivity index (χ2n) is 4.47. The van der Waals surface area contributed by atoms with Crippen LogP contribution in [0.15, 0.2) is 29.2 Å². The first-order chi connectivity index (χ1) is 8.47. The van der Waals surface area contributed by atoms with Crippen molar-refractivity contribution in [2.24, 2.45) is 0 Å². The largest absolute Gasteiger partial charge is 0.385 e. The van der Waals surface area contributed by atoms with Crippen molar-refractivity contribution in [1.29, 1.82) is 0 Å². The Hall–Kier alpha value is -0.910. The highest BCUT2D eigenvalue weighted by atomic mass is 32.2. The number of hydrogen-bond acceptors (Lipinski definition) is 3. The monoisotopic (exact) mass is 271 g/mol. The first kappa shape index (κ1) is 15.1. The average Bonchev–Trinajstić information content (AvgIpc) is 2.35. The minimum absolute atomic E-state index is 0.310. The van der Waals surface area contributed by atoms with E-state index in [4.69, 9.17) is 4.74 Å². The number of sulfonamides is 1. The lowest BCUT2D eigenvalue weighted by Gasteiger charge is -2.09. The zero-order valence-electron chi connectivity index (χ0n) is 11.1. The quantitative estimate of drug-likeness (QED) is 0.773. The lowest BCUT2D eigenvalue weighted by molar-refractivity contribution is 0.196. The summed E-state index contributed by atoms with van der Waals surface area (Å²) in [6.45, 7) is 5.09. The van der Waals surface area contributed by atoms with Crippen molar-refractivity contribution in [3.8, 4) is 0 Å². The van der Waals surface area contributed by atoms with Crippen LogP contribution < -0.4 is 4.72 Å². The third-order valence-electron chi connectivity index (χ3n) is 2.67. The molecule has 0 amide bonds. The number of ether oxygens (including phenoxy) is 1. The molecule has 0 saturated heterocycles.